The molecule has 15 heavy (non-hydrogen) atoms. The average molecular weight is 222 g/mol. The molecule has 0 saturated heterocycles. The van der Waals surface area contributed by atoms with Gasteiger partial charge in [-0.05, 0) is 64.7 Å². The SMILES string of the molecule is CCPC(=O)c1c(C)c(C)cc(C)c1C. The number of benzene rings is 1. The molecule has 1 nitrogen and oxygen atoms in total. The predicted octanol–water partition coefficient (Wildman–Crippen LogP) is 3.76. The van der Waals surface area contributed by atoms with E-state index in [0.717, 1.165) is 22.9 Å². The first-order valence-corrected chi connectivity index (χ1v) is 6.55. The van der Waals surface area contributed by atoms with Gasteiger partial charge in [-0.2, -0.15) is 0 Å². The van der Waals surface area contributed by atoms with E-state index in [9.17, 15) is 4.79 Å². The van der Waals surface area contributed by atoms with Crippen molar-refractivity contribution in [1.29, 1.82) is 0 Å². The van der Waals surface area contributed by atoms with Crippen molar-refractivity contribution in [2.45, 2.75) is 34.6 Å². The molecule has 1 aromatic carbocycles. The molecule has 1 aromatic rings. The maximum absolute atomic E-state index is 12.0. The number of hydrogen-bond acceptors (Lipinski definition) is 1. The Kier molecular flexibility index (Phi) is 4.04. The molecule has 0 N–H and O–H groups in total. The maximum Gasteiger partial charge on any atom is 0.181 e. The van der Waals surface area contributed by atoms with Crippen LogP contribution in [0.2, 0.25) is 0 Å². The van der Waals surface area contributed by atoms with Gasteiger partial charge >= 0.3 is 0 Å². The quantitative estimate of drug-likeness (QED) is 0.712. The summed E-state index contributed by atoms with van der Waals surface area (Å²) in [6.45, 7) is 10.3. The highest BCUT2D eigenvalue weighted by Crippen LogP contribution is 2.27. The van der Waals surface area contributed by atoms with Crippen LogP contribution in [0.15, 0.2) is 6.07 Å². The molecule has 0 radical (unpaired) electrons. The molecular formula is C13H19OP. The summed E-state index contributed by atoms with van der Waals surface area (Å²) in [4.78, 5) is 12.0. The lowest BCUT2D eigenvalue weighted by Crippen LogP contribution is -2.03. The summed E-state index contributed by atoms with van der Waals surface area (Å²) in [7, 11) is 0.413. The van der Waals surface area contributed by atoms with Crippen LogP contribution >= 0.6 is 8.58 Å². The first kappa shape index (κ1) is 12.4. The first-order chi connectivity index (χ1) is 6.99. The monoisotopic (exact) mass is 222 g/mol. The summed E-state index contributed by atoms with van der Waals surface area (Å²) in [5.41, 5.74) is 6.05. The molecule has 1 unspecified atom stereocenters. The predicted molar refractivity (Wildman–Crippen MR) is 68.6 cm³/mol. The van der Waals surface area contributed by atoms with E-state index in [2.05, 4.69) is 40.7 Å². The molecule has 2 heteroatoms. The van der Waals surface area contributed by atoms with Crippen LogP contribution in [-0.4, -0.2) is 11.7 Å². The van der Waals surface area contributed by atoms with Gasteiger partial charge in [0.15, 0.2) is 5.52 Å². The van der Waals surface area contributed by atoms with Crippen molar-refractivity contribution in [3.05, 3.63) is 33.9 Å². The Morgan fingerprint density at radius 1 is 1.13 bits per heavy atom. The van der Waals surface area contributed by atoms with Crippen molar-refractivity contribution in [3.8, 4) is 0 Å². The fourth-order valence-corrected chi connectivity index (χ4v) is 2.68. The van der Waals surface area contributed by atoms with Gasteiger partial charge in [0.25, 0.3) is 0 Å². The van der Waals surface area contributed by atoms with Gasteiger partial charge in [0, 0.05) is 5.56 Å². The van der Waals surface area contributed by atoms with Crippen molar-refractivity contribution in [1.82, 2.24) is 0 Å². The van der Waals surface area contributed by atoms with E-state index >= 15 is 0 Å². The summed E-state index contributed by atoms with van der Waals surface area (Å²) in [6, 6.07) is 2.16. The standard InChI is InChI=1S/C13H19OP/c1-6-15-13(14)12-10(4)8(2)7-9(3)11(12)5/h7,15H,6H2,1-5H3. The van der Waals surface area contributed by atoms with Crippen LogP contribution in [0.5, 0.6) is 0 Å². The first-order valence-electron chi connectivity index (χ1n) is 5.34. The lowest BCUT2D eigenvalue weighted by atomic mass is 9.95. The molecule has 0 aliphatic rings. The second kappa shape index (κ2) is 4.90. The maximum atomic E-state index is 12.0. The van der Waals surface area contributed by atoms with Crippen molar-refractivity contribution in [2.75, 3.05) is 6.16 Å². The van der Waals surface area contributed by atoms with E-state index in [4.69, 9.17) is 0 Å². The smallest absolute Gasteiger partial charge is 0.181 e. The van der Waals surface area contributed by atoms with Crippen LogP contribution in [0.1, 0.15) is 39.5 Å². The molecule has 1 atom stereocenters. The summed E-state index contributed by atoms with van der Waals surface area (Å²) < 4.78 is 0. The van der Waals surface area contributed by atoms with Crippen molar-refractivity contribution >= 4 is 14.1 Å². The highest BCUT2D eigenvalue weighted by atomic mass is 31.1. The minimum atomic E-state index is 0.319. The van der Waals surface area contributed by atoms with E-state index in [1.54, 1.807) is 0 Å². The lowest BCUT2D eigenvalue weighted by Gasteiger charge is -2.13. The molecule has 0 fully saturated rings. The average Bonchev–Trinajstić information content (AvgIpc) is 2.16. The Balaban J connectivity index is 3.32. The summed E-state index contributed by atoms with van der Waals surface area (Å²) in [6.07, 6.45) is 0.949. The van der Waals surface area contributed by atoms with Crippen LogP contribution in [0, 0.1) is 27.7 Å². The van der Waals surface area contributed by atoms with E-state index in [1.807, 2.05) is 0 Å². The Morgan fingerprint density at radius 3 is 2.00 bits per heavy atom. The number of carbonyl (C=O) groups is 1. The summed E-state index contributed by atoms with van der Waals surface area (Å²) >= 11 is 0. The van der Waals surface area contributed by atoms with Gasteiger partial charge in [0.05, 0.1) is 0 Å². The van der Waals surface area contributed by atoms with E-state index in [0.29, 0.717) is 14.1 Å². The Hall–Kier alpha value is -0.680. The van der Waals surface area contributed by atoms with E-state index in [1.165, 1.54) is 11.1 Å². The van der Waals surface area contributed by atoms with Gasteiger partial charge < -0.3 is 0 Å². The van der Waals surface area contributed by atoms with Crippen LogP contribution in [-0.2, 0) is 0 Å². The Labute approximate surface area is 94.1 Å². The third kappa shape index (κ3) is 2.46. The molecular weight excluding hydrogens is 203 g/mol. The van der Waals surface area contributed by atoms with E-state index in [-0.39, 0.29) is 0 Å². The van der Waals surface area contributed by atoms with Crippen LogP contribution in [0.25, 0.3) is 0 Å². The van der Waals surface area contributed by atoms with Gasteiger partial charge in [0.1, 0.15) is 0 Å². The number of hydrogen-bond donors (Lipinski definition) is 0. The van der Waals surface area contributed by atoms with E-state index < -0.39 is 0 Å². The summed E-state index contributed by atoms with van der Waals surface area (Å²) in [5, 5.41) is 0. The molecule has 0 heterocycles. The molecule has 1 rings (SSSR count). The Morgan fingerprint density at radius 2 is 1.60 bits per heavy atom. The summed E-state index contributed by atoms with van der Waals surface area (Å²) in [5.74, 6) is 0. The second-order valence-electron chi connectivity index (χ2n) is 3.99. The van der Waals surface area contributed by atoms with Crippen molar-refractivity contribution < 1.29 is 4.79 Å². The molecule has 0 spiro atoms. The number of carbonyl (C=O) groups excluding carboxylic acids is 1. The van der Waals surface area contributed by atoms with Crippen LogP contribution in [0.3, 0.4) is 0 Å². The zero-order chi connectivity index (χ0) is 11.6. The number of aryl methyl sites for hydroxylation is 2. The minimum Gasteiger partial charge on any atom is -0.289 e. The zero-order valence-corrected chi connectivity index (χ0v) is 11.2. The van der Waals surface area contributed by atoms with Crippen LogP contribution < -0.4 is 0 Å². The minimum absolute atomic E-state index is 0.319. The molecule has 0 aromatic heterocycles. The lowest BCUT2D eigenvalue weighted by molar-refractivity contribution is 0.108. The second-order valence-corrected chi connectivity index (χ2v) is 5.51. The van der Waals surface area contributed by atoms with Gasteiger partial charge in [-0.3, -0.25) is 4.79 Å². The third-order valence-electron chi connectivity index (χ3n) is 2.93. The Bertz CT molecular complexity index is 368. The molecule has 0 amide bonds. The molecule has 0 aliphatic carbocycles. The van der Waals surface area contributed by atoms with Gasteiger partial charge in [-0.15, -0.1) is 0 Å². The zero-order valence-electron chi connectivity index (χ0n) is 10.2. The van der Waals surface area contributed by atoms with Gasteiger partial charge in [-0.25, -0.2) is 0 Å². The van der Waals surface area contributed by atoms with Crippen LogP contribution in [0.4, 0.5) is 0 Å². The molecule has 0 aliphatic heterocycles. The third-order valence-corrected chi connectivity index (χ3v) is 3.86. The van der Waals surface area contributed by atoms with Gasteiger partial charge in [0.2, 0.25) is 0 Å². The normalized spacial score (nSPS) is 11.3. The highest BCUT2D eigenvalue weighted by molar-refractivity contribution is 7.58. The van der Waals surface area contributed by atoms with Gasteiger partial charge in [-0.1, -0.05) is 13.0 Å². The fraction of sp³-hybridized carbons (Fsp3) is 0.462. The van der Waals surface area contributed by atoms with Crippen molar-refractivity contribution in [2.24, 2.45) is 0 Å². The fourth-order valence-electron chi connectivity index (χ4n) is 1.81. The molecule has 0 saturated carbocycles. The molecule has 0 bridgehead atoms. The topological polar surface area (TPSA) is 17.1 Å². The largest absolute Gasteiger partial charge is 0.289 e. The molecule has 82 valence electrons. The van der Waals surface area contributed by atoms with Crippen molar-refractivity contribution in [3.63, 3.8) is 0 Å². The number of rotatable bonds is 3. The highest BCUT2D eigenvalue weighted by Gasteiger charge is 2.14.